The monoisotopic (exact) mass is 352 g/mol. The molecule has 132 valence electrons. The van der Waals surface area contributed by atoms with Gasteiger partial charge in [0.1, 0.15) is 12.4 Å². The largest absolute Gasteiger partial charge is 0.477 e. The molecule has 5 nitrogen and oxygen atoms in total. The molecule has 0 atom stereocenters. The van der Waals surface area contributed by atoms with Crippen LogP contribution < -0.4 is 0 Å². The number of rotatable bonds is 6. The molecule has 2 aromatic rings. The summed E-state index contributed by atoms with van der Waals surface area (Å²) in [5.41, 5.74) is 5.25. The maximum absolute atomic E-state index is 14.0. The molecule has 1 aliphatic carbocycles. The fraction of sp³-hybridized carbons (Fsp3) is 0.150. The lowest BCUT2D eigenvalue weighted by Gasteiger charge is -2.05. The van der Waals surface area contributed by atoms with Gasteiger partial charge in [0.2, 0.25) is 0 Å². The van der Waals surface area contributed by atoms with E-state index in [1.54, 1.807) is 12.1 Å². The Balaban J connectivity index is 1.85. The predicted molar refractivity (Wildman–Crippen MR) is 97.9 cm³/mol. The summed E-state index contributed by atoms with van der Waals surface area (Å²) in [5.74, 6) is -1.52. The van der Waals surface area contributed by atoms with E-state index < -0.39 is 5.97 Å². The van der Waals surface area contributed by atoms with Crippen LogP contribution in [0, 0.1) is 12.7 Å². The summed E-state index contributed by atoms with van der Waals surface area (Å²) in [5, 5.41) is 11.9. The van der Waals surface area contributed by atoms with E-state index in [0.29, 0.717) is 18.2 Å². The van der Waals surface area contributed by atoms with Gasteiger partial charge < -0.3 is 9.94 Å². The van der Waals surface area contributed by atoms with E-state index in [0.717, 1.165) is 28.0 Å². The Morgan fingerprint density at radius 1 is 1.35 bits per heavy atom. The summed E-state index contributed by atoms with van der Waals surface area (Å²) in [6, 6.07) is 9.57. The standard InChI is InChI=1S/C20H17FN2O3/c1-13-8-16(19(21)11-22-13)10-15-9-14(6-7-26-23-12-20(24)25)17-4-2-3-5-18(15)17/h2-5,8-12H,6-7H2,1H3,(H,24,25). The van der Waals surface area contributed by atoms with Gasteiger partial charge in [-0.25, -0.2) is 9.18 Å². The number of aromatic nitrogens is 1. The smallest absolute Gasteiger partial charge is 0.350 e. The van der Waals surface area contributed by atoms with Crippen LogP contribution in [0.4, 0.5) is 4.39 Å². The Morgan fingerprint density at radius 3 is 2.88 bits per heavy atom. The summed E-state index contributed by atoms with van der Waals surface area (Å²) in [4.78, 5) is 19.3. The van der Waals surface area contributed by atoms with Gasteiger partial charge in [-0.15, -0.1) is 0 Å². The van der Waals surface area contributed by atoms with Gasteiger partial charge in [0.25, 0.3) is 0 Å². The zero-order valence-corrected chi connectivity index (χ0v) is 14.1. The first-order valence-corrected chi connectivity index (χ1v) is 8.07. The molecule has 1 aromatic carbocycles. The third-order valence-corrected chi connectivity index (χ3v) is 3.95. The number of halogens is 1. The van der Waals surface area contributed by atoms with Gasteiger partial charge in [-0.05, 0) is 41.3 Å². The molecule has 0 radical (unpaired) electrons. The highest BCUT2D eigenvalue weighted by atomic mass is 19.1. The second kappa shape index (κ2) is 7.74. The molecule has 0 saturated heterocycles. The zero-order chi connectivity index (χ0) is 18.5. The Bertz CT molecular complexity index is 932. The Morgan fingerprint density at radius 2 is 2.12 bits per heavy atom. The minimum atomic E-state index is -1.16. The first-order valence-electron chi connectivity index (χ1n) is 8.07. The SMILES string of the molecule is Cc1cc(C=C2C=C(CCON=CC(=O)O)c3ccccc32)c(F)cn1. The van der Waals surface area contributed by atoms with Gasteiger partial charge in [0, 0.05) is 17.7 Å². The molecule has 0 spiro atoms. The van der Waals surface area contributed by atoms with Crippen molar-refractivity contribution in [2.75, 3.05) is 6.61 Å². The molecule has 0 saturated carbocycles. The van der Waals surface area contributed by atoms with Crippen molar-refractivity contribution in [2.45, 2.75) is 13.3 Å². The molecule has 3 rings (SSSR count). The van der Waals surface area contributed by atoms with Crippen molar-refractivity contribution < 1.29 is 19.1 Å². The van der Waals surface area contributed by atoms with Crippen LogP contribution in [-0.4, -0.2) is 28.9 Å². The highest BCUT2D eigenvalue weighted by Gasteiger charge is 2.18. The number of hydrogen-bond donors (Lipinski definition) is 1. The van der Waals surface area contributed by atoms with Crippen LogP contribution in [0.5, 0.6) is 0 Å². The van der Waals surface area contributed by atoms with Gasteiger partial charge in [-0.3, -0.25) is 4.98 Å². The number of aryl methyl sites for hydroxylation is 1. The van der Waals surface area contributed by atoms with E-state index in [4.69, 9.17) is 9.94 Å². The second-order valence-corrected chi connectivity index (χ2v) is 5.82. The number of nitrogens with zero attached hydrogens (tertiary/aromatic N) is 2. The highest BCUT2D eigenvalue weighted by Crippen LogP contribution is 2.38. The average molecular weight is 352 g/mol. The van der Waals surface area contributed by atoms with Crippen molar-refractivity contribution in [3.05, 3.63) is 70.8 Å². The quantitative estimate of drug-likeness (QED) is 0.485. The summed E-state index contributed by atoms with van der Waals surface area (Å²) in [6.45, 7) is 2.07. The highest BCUT2D eigenvalue weighted by molar-refractivity contribution is 6.21. The Labute approximate surface area is 150 Å². The molecule has 0 unspecified atom stereocenters. The maximum atomic E-state index is 14.0. The van der Waals surface area contributed by atoms with Crippen LogP contribution in [-0.2, 0) is 9.63 Å². The number of benzene rings is 1. The number of aliphatic carboxylic acids is 1. The van der Waals surface area contributed by atoms with Crippen LogP contribution in [0.3, 0.4) is 0 Å². The van der Waals surface area contributed by atoms with E-state index in [-0.39, 0.29) is 12.4 Å². The first-order chi connectivity index (χ1) is 12.5. The Hall–Kier alpha value is -3.28. The number of hydrogen-bond acceptors (Lipinski definition) is 4. The summed E-state index contributed by atoms with van der Waals surface area (Å²) >= 11 is 0. The maximum Gasteiger partial charge on any atom is 0.350 e. The molecule has 1 heterocycles. The van der Waals surface area contributed by atoms with Crippen LogP contribution in [0.25, 0.3) is 17.2 Å². The lowest BCUT2D eigenvalue weighted by Crippen LogP contribution is -1.97. The second-order valence-electron chi connectivity index (χ2n) is 5.82. The lowest BCUT2D eigenvalue weighted by molar-refractivity contribution is -0.129. The minimum Gasteiger partial charge on any atom is -0.477 e. The minimum absolute atomic E-state index is 0.250. The third kappa shape index (κ3) is 4.03. The van der Waals surface area contributed by atoms with E-state index in [1.165, 1.54) is 6.20 Å². The fourth-order valence-corrected chi connectivity index (χ4v) is 2.82. The number of fused-ring (bicyclic) bond motifs is 1. The van der Waals surface area contributed by atoms with Crippen molar-refractivity contribution in [1.82, 2.24) is 4.98 Å². The molecule has 0 aliphatic heterocycles. The van der Waals surface area contributed by atoms with Crippen molar-refractivity contribution in [3.8, 4) is 0 Å². The number of allylic oxidation sites excluding steroid dienone is 2. The fourth-order valence-electron chi connectivity index (χ4n) is 2.82. The number of carbonyl (C=O) groups is 1. The van der Waals surface area contributed by atoms with E-state index in [2.05, 4.69) is 10.1 Å². The lowest BCUT2D eigenvalue weighted by atomic mass is 10.0. The van der Waals surface area contributed by atoms with Gasteiger partial charge in [0.05, 0.1) is 6.20 Å². The molecule has 0 bridgehead atoms. The van der Waals surface area contributed by atoms with Crippen molar-refractivity contribution in [3.63, 3.8) is 0 Å². The van der Waals surface area contributed by atoms with Crippen molar-refractivity contribution in [2.24, 2.45) is 5.16 Å². The molecule has 0 amide bonds. The van der Waals surface area contributed by atoms with Gasteiger partial charge in [-0.2, -0.15) is 0 Å². The molecule has 1 aliphatic rings. The molecular weight excluding hydrogens is 335 g/mol. The molecule has 1 N–H and O–H groups in total. The van der Waals surface area contributed by atoms with Gasteiger partial charge >= 0.3 is 5.97 Å². The van der Waals surface area contributed by atoms with Crippen molar-refractivity contribution in [1.29, 1.82) is 0 Å². The number of oxime groups is 1. The van der Waals surface area contributed by atoms with Crippen molar-refractivity contribution >= 4 is 29.4 Å². The van der Waals surface area contributed by atoms with Crippen LogP contribution in [0.2, 0.25) is 0 Å². The van der Waals surface area contributed by atoms with E-state index in [1.807, 2.05) is 37.3 Å². The normalized spacial score (nSPS) is 14.5. The molecule has 26 heavy (non-hydrogen) atoms. The van der Waals surface area contributed by atoms with E-state index in [9.17, 15) is 9.18 Å². The molecule has 0 fully saturated rings. The molecule has 1 aromatic heterocycles. The zero-order valence-electron chi connectivity index (χ0n) is 14.1. The van der Waals surface area contributed by atoms with Gasteiger partial charge in [0.15, 0.2) is 6.21 Å². The number of pyridine rings is 1. The average Bonchev–Trinajstić information content (AvgIpc) is 2.96. The third-order valence-electron chi connectivity index (χ3n) is 3.95. The van der Waals surface area contributed by atoms with Crippen LogP contribution >= 0.6 is 0 Å². The summed E-state index contributed by atoms with van der Waals surface area (Å²) in [6.07, 6.45) is 6.28. The predicted octanol–water partition coefficient (Wildman–Crippen LogP) is 3.94. The van der Waals surface area contributed by atoms with Crippen LogP contribution in [0.1, 0.15) is 28.8 Å². The summed E-state index contributed by atoms with van der Waals surface area (Å²) in [7, 11) is 0. The van der Waals surface area contributed by atoms with Crippen LogP contribution in [0.15, 0.2) is 47.8 Å². The molecular formula is C20H17FN2O3. The Kier molecular flexibility index (Phi) is 5.22. The molecule has 6 heteroatoms. The topological polar surface area (TPSA) is 71.8 Å². The van der Waals surface area contributed by atoms with Gasteiger partial charge in [-0.1, -0.05) is 35.5 Å². The summed E-state index contributed by atoms with van der Waals surface area (Å²) < 4.78 is 14.0. The number of carboxylic acids is 1. The first kappa shape index (κ1) is 17.5. The number of carboxylic acid groups (broad SMARTS) is 1. The van der Waals surface area contributed by atoms with E-state index >= 15 is 0 Å².